The van der Waals surface area contributed by atoms with Gasteiger partial charge < -0.3 is 9.47 Å². The average molecular weight is 417 g/mol. The molecular formula is C22H19ClF2N2O2. The molecule has 2 aromatic carbocycles. The summed E-state index contributed by atoms with van der Waals surface area (Å²) >= 11 is 6.13. The Morgan fingerprint density at radius 1 is 0.966 bits per heavy atom. The molecule has 1 amide bonds. The zero-order chi connectivity index (χ0) is 20.5. The molecular weight excluding hydrogens is 398 g/mol. The number of likely N-dealkylation sites (tertiary alicyclic amines) is 1. The zero-order valence-electron chi connectivity index (χ0n) is 15.6. The molecule has 1 saturated heterocycles. The van der Waals surface area contributed by atoms with E-state index in [0.717, 1.165) is 37.5 Å². The summed E-state index contributed by atoms with van der Waals surface area (Å²) in [5.41, 5.74) is 1.06. The van der Waals surface area contributed by atoms with E-state index in [1.165, 1.54) is 0 Å². The fraction of sp³-hybridized carbons (Fsp3) is 0.273. The molecule has 4 nitrogen and oxygen atoms in total. The SMILES string of the molecule is O=C(Cn1cc(C(=O)N2CCCCC2)c2ccc(Cl)cc21)c1cc(F)cc(F)c1. The van der Waals surface area contributed by atoms with Gasteiger partial charge in [-0.25, -0.2) is 8.78 Å². The summed E-state index contributed by atoms with van der Waals surface area (Å²) < 4.78 is 28.6. The standard InChI is InChI=1S/C22H19ClF2N2O2/c23-15-4-5-18-19(22(29)26-6-2-1-3-7-26)12-27(20(18)10-15)13-21(28)14-8-16(24)11-17(25)9-14/h4-5,8-12H,1-3,6-7,13H2. The fourth-order valence-electron chi connectivity index (χ4n) is 3.79. The van der Waals surface area contributed by atoms with Crippen LogP contribution in [0.4, 0.5) is 8.78 Å². The Balaban J connectivity index is 1.71. The molecule has 0 aliphatic carbocycles. The van der Waals surface area contributed by atoms with E-state index in [2.05, 4.69) is 0 Å². The van der Waals surface area contributed by atoms with Crippen molar-refractivity contribution >= 4 is 34.2 Å². The molecule has 0 spiro atoms. The Morgan fingerprint density at radius 2 is 1.66 bits per heavy atom. The average Bonchev–Trinajstić information content (AvgIpc) is 3.05. The second-order valence-corrected chi connectivity index (χ2v) is 7.70. The molecule has 1 aliphatic heterocycles. The summed E-state index contributed by atoms with van der Waals surface area (Å²) in [5, 5.41) is 1.17. The van der Waals surface area contributed by atoms with Crippen LogP contribution in [0.15, 0.2) is 42.6 Å². The van der Waals surface area contributed by atoms with Gasteiger partial charge >= 0.3 is 0 Å². The van der Waals surface area contributed by atoms with Gasteiger partial charge in [-0.15, -0.1) is 0 Å². The topological polar surface area (TPSA) is 42.3 Å². The first-order valence-corrected chi connectivity index (χ1v) is 9.87. The second kappa shape index (κ2) is 7.95. The van der Waals surface area contributed by atoms with Crippen LogP contribution in [-0.4, -0.2) is 34.2 Å². The lowest BCUT2D eigenvalue weighted by Crippen LogP contribution is -2.35. The minimum atomic E-state index is -0.810. The van der Waals surface area contributed by atoms with Crippen molar-refractivity contribution in [3.05, 3.63) is 70.4 Å². The van der Waals surface area contributed by atoms with E-state index < -0.39 is 17.4 Å². The van der Waals surface area contributed by atoms with E-state index in [1.54, 1.807) is 29.0 Å². The highest BCUT2D eigenvalue weighted by atomic mass is 35.5. The lowest BCUT2D eigenvalue weighted by Gasteiger charge is -2.26. The number of benzene rings is 2. The maximum absolute atomic E-state index is 13.5. The third kappa shape index (κ3) is 4.03. The van der Waals surface area contributed by atoms with Gasteiger partial charge in [-0.05, 0) is 43.5 Å². The van der Waals surface area contributed by atoms with Crippen LogP contribution in [0.2, 0.25) is 5.02 Å². The third-order valence-electron chi connectivity index (χ3n) is 5.22. The molecule has 2 heterocycles. The minimum absolute atomic E-state index is 0.0599. The monoisotopic (exact) mass is 416 g/mol. The molecule has 29 heavy (non-hydrogen) atoms. The van der Waals surface area contributed by atoms with Crippen LogP contribution >= 0.6 is 11.6 Å². The van der Waals surface area contributed by atoms with Crippen molar-refractivity contribution in [2.24, 2.45) is 0 Å². The molecule has 0 radical (unpaired) electrons. The normalized spacial score (nSPS) is 14.4. The number of piperidine rings is 1. The highest BCUT2D eigenvalue weighted by Crippen LogP contribution is 2.27. The maximum Gasteiger partial charge on any atom is 0.256 e. The Kier molecular flexibility index (Phi) is 5.37. The van der Waals surface area contributed by atoms with Crippen molar-refractivity contribution in [1.29, 1.82) is 0 Å². The summed E-state index contributed by atoms with van der Waals surface area (Å²) in [6, 6.07) is 7.87. The van der Waals surface area contributed by atoms with Crippen molar-refractivity contribution < 1.29 is 18.4 Å². The van der Waals surface area contributed by atoms with Gasteiger partial charge in [0.15, 0.2) is 5.78 Å². The van der Waals surface area contributed by atoms with E-state index >= 15 is 0 Å². The van der Waals surface area contributed by atoms with Crippen LogP contribution in [0, 0.1) is 11.6 Å². The quantitative estimate of drug-likeness (QED) is 0.556. The number of hydrogen-bond acceptors (Lipinski definition) is 2. The lowest BCUT2D eigenvalue weighted by molar-refractivity contribution is 0.0725. The van der Waals surface area contributed by atoms with Crippen molar-refractivity contribution in [2.75, 3.05) is 13.1 Å². The predicted octanol–water partition coefficient (Wildman–Crippen LogP) is 5.08. The largest absolute Gasteiger partial charge is 0.339 e. The first kappa shape index (κ1) is 19.6. The number of amides is 1. The maximum atomic E-state index is 13.5. The third-order valence-corrected chi connectivity index (χ3v) is 5.45. The number of ketones is 1. The first-order valence-electron chi connectivity index (χ1n) is 9.49. The summed E-state index contributed by atoms with van der Waals surface area (Å²) in [4.78, 5) is 27.5. The van der Waals surface area contributed by atoms with Crippen LogP contribution in [-0.2, 0) is 6.54 Å². The van der Waals surface area contributed by atoms with Gasteiger partial charge in [0.1, 0.15) is 11.6 Å². The van der Waals surface area contributed by atoms with Crippen LogP contribution in [0.25, 0.3) is 10.9 Å². The molecule has 7 heteroatoms. The van der Waals surface area contributed by atoms with Crippen LogP contribution in [0.1, 0.15) is 40.0 Å². The number of fused-ring (bicyclic) bond motifs is 1. The first-order chi connectivity index (χ1) is 13.9. The number of nitrogens with zero attached hydrogens (tertiary/aromatic N) is 2. The van der Waals surface area contributed by atoms with Crippen LogP contribution in [0.3, 0.4) is 0 Å². The molecule has 0 N–H and O–H groups in total. The van der Waals surface area contributed by atoms with E-state index in [4.69, 9.17) is 11.6 Å². The van der Waals surface area contributed by atoms with Gasteiger partial charge in [0.25, 0.3) is 5.91 Å². The Morgan fingerprint density at radius 3 is 2.34 bits per heavy atom. The number of hydrogen-bond donors (Lipinski definition) is 0. The molecule has 1 fully saturated rings. The molecule has 1 aromatic heterocycles. The van der Waals surface area contributed by atoms with Crippen LogP contribution in [0.5, 0.6) is 0 Å². The molecule has 3 aromatic rings. The number of carbonyl (C=O) groups is 2. The van der Waals surface area contributed by atoms with Crippen molar-refractivity contribution in [3.8, 4) is 0 Å². The van der Waals surface area contributed by atoms with E-state index in [9.17, 15) is 18.4 Å². The highest BCUT2D eigenvalue weighted by molar-refractivity contribution is 6.31. The minimum Gasteiger partial charge on any atom is -0.339 e. The number of rotatable bonds is 4. The summed E-state index contributed by atoms with van der Waals surface area (Å²) in [6.07, 6.45) is 4.69. The lowest BCUT2D eigenvalue weighted by atomic mass is 10.1. The molecule has 4 rings (SSSR count). The Hall–Kier alpha value is -2.73. The van der Waals surface area contributed by atoms with Crippen molar-refractivity contribution in [1.82, 2.24) is 9.47 Å². The van der Waals surface area contributed by atoms with Gasteiger partial charge in [0.2, 0.25) is 0 Å². The van der Waals surface area contributed by atoms with Crippen molar-refractivity contribution in [3.63, 3.8) is 0 Å². The molecule has 1 aliphatic rings. The van der Waals surface area contributed by atoms with Gasteiger partial charge in [-0.3, -0.25) is 9.59 Å². The molecule has 0 atom stereocenters. The van der Waals surface area contributed by atoms with E-state index in [0.29, 0.717) is 34.6 Å². The molecule has 0 bridgehead atoms. The summed E-state index contributed by atoms with van der Waals surface area (Å²) in [5.74, 6) is -2.17. The van der Waals surface area contributed by atoms with Gasteiger partial charge in [-0.2, -0.15) is 0 Å². The number of aromatic nitrogens is 1. The number of Topliss-reactive ketones (excluding diaryl/α,β-unsaturated/α-hetero) is 1. The predicted molar refractivity (Wildman–Crippen MR) is 107 cm³/mol. The summed E-state index contributed by atoms with van der Waals surface area (Å²) in [6.45, 7) is 1.26. The Labute approximate surface area is 171 Å². The summed E-state index contributed by atoms with van der Waals surface area (Å²) in [7, 11) is 0. The molecule has 0 saturated carbocycles. The molecule has 150 valence electrons. The second-order valence-electron chi connectivity index (χ2n) is 7.27. The number of carbonyl (C=O) groups excluding carboxylic acids is 2. The van der Waals surface area contributed by atoms with Gasteiger partial charge in [0, 0.05) is 41.3 Å². The Bertz CT molecular complexity index is 1080. The van der Waals surface area contributed by atoms with E-state index in [1.807, 2.05) is 4.90 Å². The zero-order valence-corrected chi connectivity index (χ0v) is 16.4. The highest BCUT2D eigenvalue weighted by Gasteiger charge is 2.23. The fourth-order valence-corrected chi connectivity index (χ4v) is 3.96. The molecule has 0 unspecified atom stereocenters. The van der Waals surface area contributed by atoms with Gasteiger partial charge in [-0.1, -0.05) is 17.7 Å². The number of halogens is 3. The van der Waals surface area contributed by atoms with Gasteiger partial charge in [0.05, 0.1) is 17.6 Å². The van der Waals surface area contributed by atoms with Crippen molar-refractivity contribution in [2.45, 2.75) is 25.8 Å². The smallest absolute Gasteiger partial charge is 0.256 e. The van der Waals surface area contributed by atoms with Crippen LogP contribution < -0.4 is 0 Å². The van der Waals surface area contributed by atoms with E-state index in [-0.39, 0.29) is 18.0 Å².